The SMILES string of the molecule is CC(C1CC1)N1CC(N)CC(CC(O)C2CC2)C1. The van der Waals surface area contributed by atoms with E-state index in [1.807, 2.05) is 0 Å². The van der Waals surface area contributed by atoms with Crippen molar-refractivity contribution in [2.24, 2.45) is 23.5 Å². The van der Waals surface area contributed by atoms with E-state index >= 15 is 0 Å². The standard InChI is InChI=1S/C15H28N2O/c1-10(12-2-3-12)17-8-11(6-14(16)9-17)7-15(18)13-4-5-13/h10-15,18H,2-9,16H2,1H3. The Kier molecular flexibility index (Phi) is 3.65. The van der Waals surface area contributed by atoms with Crippen LogP contribution in [0.5, 0.6) is 0 Å². The zero-order chi connectivity index (χ0) is 12.7. The molecule has 3 fully saturated rings. The third-order valence-electron chi connectivity index (χ3n) is 5.22. The monoisotopic (exact) mass is 252 g/mol. The van der Waals surface area contributed by atoms with Crippen LogP contribution in [0.3, 0.4) is 0 Å². The second kappa shape index (κ2) is 5.10. The number of aliphatic hydroxyl groups is 1. The number of hydrogen-bond acceptors (Lipinski definition) is 3. The van der Waals surface area contributed by atoms with Gasteiger partial charge in [-0.1, -0.05) is 0 Å². The molecule has 0 aromatic heterocycles. The smallest absolute Gasteiger partial charge is 0.0571 e. The predicted octanol–water partition coefficient (Wildman–Crippen LogP) is 1.60. The van der Waals surface area contributed by atoms with Crippen molar-refractivity contribution in [2.45, 2.75) is 63.6 Å². The van der Waals surface area contributed by atoms with Gasteiger partial charge >= 0.3 is 0 Å². The van der Waals surface area contributed by atoms with Crippen molar-refractivity contribution in [2.75, 3.05) is 13.1 Å². The highest BCUT2D eigenvalue weighted by molar-refractivity contribution is 4.92. The summed E-state index contributed by atoms with van der Waals surface area (Å²) in [5, 5.41) is 10.1. The number of rotatable bonds is 5. The quantitative estimate of drug-likeness (QED) is 0.781. The van der Waals surface area contributed by atoms with Gasteiger partial charge in [0, 0.05) is 25.2 Å². The molecule has 3 nitrogen and oxygen atoms in total. The molecule has 4 atom stereocenters. The van der Waals surface area contributed by atoms with Crippen molar-refractivity contribution in [1.29, 1.82) is 0 Å². The van der Waals surface area contributed by atoms with Gasteiger partial charge in [0.25, 0.3) is 0 Å². The van der Waals surface area contributed by atoms with E-state index in [1.165, 1.54) is 25.7 Å². The molecule has 1 heterocycles. The lowest BCUT2D eigenvalue weighted by atomic mass is 9.87. The Morgan fingerprint density at radius 3 is 2.44 bits per heavy atom. The van der Waals surface area contributed by atoms with Gasteiger partial charge in [0.1, 0.15) is 0 Å². The van der Waals surface area contributed by atoms with E-state index < -0.39 is 0 Å². The summed E-state index contributed by atoms with van der Waals surface area (Å²) in [6.07, 6.45) is 7.32. The first-order valence-corrected chi connectivity index (χ1v) is 7.81. The Bertz CT molecular complexity index is 288. The normalized spacial score (nSPS) is 37.5. The maximum absolute atomic E-state index is 10.1. The van der Waals surface area contributed by atoms with Crippen LogP contribution in [0.2, 0.25) is 0 Å². The first-order valence-electron chi connectivity index (χ1n) is 7.81. The number of likely N-dealkylation sites (tertiary alicyclic amines) is 1. The van der Waals surface area contributed by atoms with Gasteiger partial charge < -0.3 is 10.8 Å². The van der Waals surface area contributed by atoms with Gasteiger partial charge in [-0.15, -0.1) is 0 Å². The molecule has 4 unspecified atom stereocenters. The highest BCUT2D eigenvalue weighted by Gasteiger charge is 2.38. The molecule has 0 bridgehead atoms. The zero-order valence-corrected chi connectivity index (χ0v) is 11.6. The average molecular weight is 252 g/mol. The topological polar surface area (TPSA) is 49.5 Å². The fourth-order valence-corrected chi connectivity index (χ4v) is 3.68. The van der Waals surface area contributed by atoms with E-state index in [0.29, 0.717) is 23.9 Å². The first-order chi connectivity index (χ1) is 8.63. The first kappa shape index (κ1) is 12.9. The molecule has 0 radical (unpaired) electrons. The summed E-state index contributed by atoms with van der Waals surface area (Å²) < 4.78 is 0. The highest BCUT2D eigenvalue weighted by Crippen LogP contribution is 2.39. The van der Waals surface area contributed by atoms with E-state index in [-0.39, 0.29) is 6.10 Å². The molecule has 3 N–H and O–H groups in total. The lowest BCUT2D eigenvalue weighted by Crippen LogP contribution is -2.51. The molecule has 2 aliphatic carbocycles. The lowest BCUT2D eigenvalue weighted by molar-refractivity contribution is 0.0610. The van der Waals surface area contributed by atoms with E-state index in [4.69, 9.17) is 5.73 Å². The van der Waals surface area contributed by atoms with E-state index in [9.17, 15) is 5.11 Å². The Morgan fingerprint density at radius 2 is 1.83 bits per heavy atom. The minimum Gasteiger partial charge on any atom is -0.393 e. The van der Waals surface area contributed by atoms with Crippen LogP contribution in [0.15, 0.2) is 0 Å². The Balaban J connectivity index is 1.53. The molecule has 1 aliphatic heterocycles. The van der Waals surface area contributed by atoms with Crippen LogP contribution in [0, 0.1) is 17.8 Å². The summed E-state index contributed by atoms with van der Waals surface area (Å²) >= 11 is 0. The second-order valence-corrected chi connectivity index (χ2v) is 7.03. The Hall–Kier alpha value is -0.120. The lowest BCUT2D eigenvalue weighted by Gasteiger charge is -2.40. The van der Waals surface area contributed by atoms with Gasteiger partial charge in [0.2, 0.25) is 0 Å². The predicted molar refractivity (Wildman–Crippen MR) is 73.2 cm³/mol. The van der Waals surface area contributed by atoms with Crippen LogP contribution in [-0.2, 0) is 0 Å². The van der Waals surface area contributed by atoms with Crippen molar-refractivity contribution in [1.82, 2.24) is 4.90 Å². The molecular weight excluding hydrogens is 224 g/mol. The van der Waals surface area contributed by atoms with Gasteiger partial charge in [-0.3, -0.25) is 4.90 Å². The number of hydrogen-bond donors (Lipinski definition) is 2. The molecule has 1 saturated heterocycles. The molecule has 0 amide bonds. The van der Waals surface area contributed by atoms with Crippen molar-refractivity contribution >= 4 is 0 Å². The summed E-state index contributed by atoms with van der Waals surface area (Å²) in [5.41, 5.74) is 6.22. The molecule has 3 rings (SSSR count). The van der Waals surface area contributed by atoms with Crippen LogP contribution in [0.1, 0.15) is 45.4 Å². The summed E-state index contributed by atoms with van der Waals surface area (Å²) in [7, 11) is 0. The van der Waals surface area contributed by atoms with E-state index in [0.717, 1.165) is 31.8 Å². The van der Waals surface area contributed by atoms with Crippen molar-refractivity contribution in [3.63, 3.8) is 0 Å². The summed E-state index contributed by atoms with van der Waals surface area (Å²) in [4.78, 5) is 2.59. The van der Waals surface area contributed by atoms with Gasteiger partial charge in [0.05, 0.1) is 6.10 Å². The molecule has 18 heavy (non-hydrogen) atoms. The molecule has 2 saturated carbocycles. The fraction of sp³-hybridized carbons (Fsp3) is 1.00. The van der Waals surface area contributed by atoms with E-state index in [1.54, 1.807) is 0 Å². The molecule has 0 aromatic rings. The summed E-state index contributed by atoms with van der Waals surface area (Å²) in [6, 6.07) is 1.02. The van der Waals surface area contributed by atoms with Gasteiger partial charge in [-0.2, -0.15) is 0 Å². The molecular formula is C15H28N2O. The second-order valence-electron chi connectivity index (χ2n) is 7.03. The maximum Gasteiger partial charge on any atom is 0.0571 e. The van der Waals surface area contributed by atoms with Crippen LogP contribution >= 0.6 is 0 Å². The van der Waals surface area contributed by atoms with Crippen molar-refractivity contribution in [3.8, 4) is 0 Å². The summed E-state index contributed by atoms with van der Waals surface area (Å²) in [5.74, 6) is 2.15. The minimum absolute atomic E-state index is 0.0571. The van der Waals surface area contributed by atoms with Gasteiger partial charge in [0.15, 0.2) is 0 Å². The maximum atomic E-state index is 10.1. The number of aliphatic hydroxyl groups excluding tert-OH is 1. The van der Waals surface area contributed by atoms with Crippen LogP contribution in [0.25, 0.3) is 0 Å². The number of nitrogens with two attached hydrogens (primary N) is 1. The van der Waals surface area contributed by atoms with Crippen LogP contribution < -0.4 is 5.73 Å². The Morgan fingerprint density at radius 1 is 1.17 bits per heavy atom. The Labute approximate surface area is 111 Å². The van der Waals surface area contributed by atoms with Crippen molar-refractivity contribution in [3.05, 3.63) is 0 Å². The highest BCUT2D eigenvalue weighted by atomic mass is 16.3. The van der Waals surface area contributed by atoms with E-state index in [2.05, 4.69) is 11.8 Å². The minimum atomic E-state index is -0.0571. The average Bonchev–Trinajstić information content (AvgIpc) is 3.17. The molecule has 3 heteroatoms. The molecule has 3 aliphatic rings. The molecule has 0 spiro atoms. The fourth-order valence-electron chi connectivity index (χ4n) is 3.68. The van der Waals surface area contributed by atoms with Crippen LogP contribution in [0.4, 0.5) is 0 Å². The van der Waals surface area contributed by atoms with Crippen LogP contribution in [-0.4, -0.2) is 41.3 Å². The van der Waals surface area contributed by atoms with Gasteiger partial charge in [-0.25, -0.2) is 0 Å². The third kappa shape index (κ3) is 3.06. The largest absolute Gasteiger partial charge is 0.393 e. The van der Waals surface area contributed by atoms with Gasteiger partial charge in [-0.05, 0) is 63.2 Å². The molecule has 104 valence electrons. The number of nitrogens with zero attached hydrogens (tertiary/aromatic N) is 1. The zero-order valence-electron chi connectivity index (χ0n) is 11.6. The number of piperidine rings is 1. The third-order valence-corrected chi connectivity index (χ3v) is 5.22. The summed E-state index contributed by atoms with van der Waals surface area (Å²) in [6.45, 7) is 4.59. The van der Waals surface area contributed by atoms with Crippen molar-refractivity contribution < 1.29 is 5.11 Å². The molecule has 0 aromatic carbocycles.